The summed E-state index contributed by atoms with van der Waals surface area (Å²) >= 11 is 3.48. The second-order valence-corrected chi connectivity index (χ2v) is 7.19. The van der Waals surface area contributed by atoms with E-state index in [0.29, 0.717) is 11.7 Å². The molecule has 1 fully saturated rings. The molecule has 2 aromatic rings. The molecule has 0 amide bonds. The SMILES string of the molecule is Nc1nc2cc(Br)ccc2c2c1N=C(C1CCC(O)CC1)C2.S.S. The van der Waals surface area contributed by atoms with Crippen molar-refractivity contribution in [1.82, 2.24) is 4.98 Å². The van der Waals surface area contributed by atoms with E-state index in [1.165, 1.54) is 11.3 Å². The minimum atomic E-state index is -0.134. The molecule has 0 radical (unpaired) electrons. The maximum Gasteiger partial charge on any atom is 0.150 e. The Morgan fingerprint density at radius 3 is 2.54 bits per heavy atom. The Kier molecular flexibility index (Phi) is 6.23. The van der Waals surface area contributed by atoms with Crippen LogP contribution in [0.5, 0.6) is 0 Å². The van der Waals surface area contributed by atoms with Crippen molar-refractivity contribution < 1.29 is 5.11 Å². The molecule has 7 heteroatoms. The Balaban J connectivity index is 0.00000104. The summed E-state index contributed by atoms with van der Waals surface area (Å²) in [7, 11) is 0. The van der Waals surface area contributed by atoms with Crippen LogP contribution < -0.4 is 5.73 Å². The van der Waals surface area contributed by atoms with E-state index in [2.05, 4.69) is 27.0 Å². The first-order chi connectivity index (χ1) is 10.6. The van der Waals surface area contributed by atoms with Crippen LogP contribution in [-0.4, -0.2) is 21.9 Å². The maximum atomic E-state index is 9.68. The zero-order valence-electron chi connectivity index (χ0n) is 13.2. The second-order valence-electron chi connectivity index (χ2n) is 6.27. The summed E-state index contributed by atoms with van der Waals surface area (Å²) in [6.45, 7) is 0. The number of aromatic nitrogens is 1. The van der Waals surface area contributed by atoms with Gasteiger partial charge in [-0.15, -0.1) is 0 Å². The van der Waals surface area contributed by atoms with Crippen molar-refractivity contribution in [1.29, 1.82) is 0 Å². The first kappa shape index (κ1) is 19.6. The van der Waals surface area contributed by atoms with Gasteiger partial charge in [0.05, 0.1) is 11.6 Å². The van der Waals surface area contributed by atoms with Gasteiger partial charge < -0.3 is 10.8 Å². The molecule has 0 saturated heterocycles. The van der Waals surface area contributed by atoms with Crippen LogP contribution in [-0.2, 0) is 6.42 Å². The molecular weight excluding hydrogens is 406 g/mol. The Labute approximate surface area is 164 Å². The van der Waals surface area contributed by atoms with Crippen LogP contribution in [0, 0.1) is 5.92 Å². The number of hydrogen-bond acceptors (Lipinski definition) is 4. The molecule has 4 nitrogen and oxygen atoms in total. The highest BCUT2D eigenvalue weighted by Crippen LogP contribution is 2.40. The number of aliphatic imine (C=N–C) groups is 1. The van der Waals surface area contributed by atoms with E-state index < -0.39 is 0 Å². The molecule has 24 heavy (non-hydrogen) atoms. The van der Waals surface area contributed by atoms with Crippen LogP contribution in [0.2, 0.25) is 0 Å². The first-order valence-electron chi connectivity index (χ1n) is 7.75. The highest BCUT2D eigenvalue weighted by atomic mass is 79.9. The van der Waals surface area contributed by atoms with Gasteiger partial charge in [-0.3, -0.25) is 4.99 Å². The fraction of sp³-hybridized carbons (Fsp3) is 0.412. The van der Waals surface area contributed by atoms with E-state index in [1.807, 2.05) is 12.1 Å². The summed E-state index contributed by atoms with van der Waals surface area (Å²) in [5, 5.41) is 10.8. The summed E-state index contributed by atoms with van der Waals surface area (Å²) < 4.78 is 1.01. The van der Waals surface area contributed by atoms with Crippen molar-refractivity contribution in [3.8, 4) is 0 Å². The molecule has 130 valence electrons. The lowest BCUT2D eigenvalue weighted by Crippen LogP contribution is -2.24. The van der Waals surface area contributed by atoms with Crippen LogP contribution in [0.25, 0.3) is 10.9 Å². The minimum Gasteiger partial charge on any atom is -0.393 e. The van der Waals surface area contributed by atoms with Gasteiger partial charge in [-0.1, -0.05) is 22.0 Å². The zero-order chi connectivity index (χ0) is 15.3. The van der Waals surface area contributed by atoms with E-state index in [0.717, 1.165) is 53.2 Å². The molecular formula is C17H22BrN3OS2. The van der Waals surface area contributed by atoms with Crippen molar-refractivity contribution in [3.05, 3.63) is 28.2 Å². The molecule has 1 saturated carbocycles. The van der Waals surface area contributed by atoms with Gasteiger partial charge in [0.1, 0.15) is 11.5 Å². The summed E-state index contributed by atoms with van der Waals surface area (Å²) in [5.41, 5.74) is 10.3. The summed E-state index contributed by atoms with van der Waals surface area (Å²) in [5.74, 6) is 0.993. The summed E-state index contributed by atoms with van der Waals surface area (Å²) in [6.07, 6.45) is 4.52. The smallest absolute Gasteiger partial charge is 0.150 e. The average Bonchev–Trinajstić information content (AvgIpc) is 2.93. The molecule has 1 aliphatic heterocycles. The zero-order valence-corrected chi connectivity index (χ0v) is 16.8. The van der Waals surface area contributed by atoms with Crippen LogP contribution in [0.15, 0.2) is 27.7 Å². The Morgan fingerprint density at radius 2 is 1.83 bits per heavy atom. The van der Waals surface area contributed by atoms with Crippen molar-refractivity contribution in [2.75, 3.05) is 5.73 Å². The molecule has 0 unspecified atom stereocenters. The van der Waals surface area contributed by atoms with E-state index in [-0.39, 0.29) is 33.1 Å². The van der Waals surface area contributed by atoms with Gasteiger partial charge in [-0.25, -0.2) is 4.98 Å². The van der Waals surface area contributed by atoms with Crippen LogP contribution in [0.3, 0.4) is 0 Å². The van der Waals surface area contributed by atoms with E-state index >= 15 is 0 Å². The normalized spacial score (nSPS) is 22.3. The topological polar surface area (TPSA) is 71.5 Å². The number of fused-ring (bicyclic) bond motifs is 3. The molecule has 1 aromatic carbocycles. The van der Waals surface area contributed by atoms with Gasteiger partial charge in [-0.05, 0) is 49.3 Å². The number of hydrogen-bond donors (Lipinski definition) is 2. The number of benzene rings is 1. The minimum absolute atomic E-state index is 0. The molecule has 1 aromatic heterocycles. The lowest BCUT2D eigenvalue weighted by molar-refractivity contribution is 0.121. The standard InChI is InChI=1S/C17H18BrN3O.2H2S/c18-10-3-6-12-13-8-14(9-1-4-11(22)5-2-9)20-16(13)17(19)21-15(12)7-10;;/h3,6-7,9,11,22H,1-2,4-5,8H2,(H2,19,21);2*1H2. The lowest BCUT2D eigenvalue weighted by atomic mass is 9.83. The highest BCUT2D eigenvalue weighted by molar-refractivity contribution is 9.10. The fourth-order valence-corrected chi connectivity index (χ4v) is 3.98. The largest absolute Gasteiger partial charge is 0.393 e. The summed E-state index contributed by atoms with van der Waals surface area (Å²) in [6, 6.07) is 6.13. The number of nitrogens with two attached hydrogens (primary N) is 1. The molecule has 3 N–H and O–H groups in total. The Morgan fingerprint density at radius 1 is 1.12 bits per heavy atom. The van der Waals surface area contributed by atoms with Gasteiger partial charge in [0.2, 0.25) is 0 Å². The number of anilines is 1. The van der Waals surface area contributed by atoms with Crippen molar-refractivity contribution in [2.45, 2.75) is 38.2 Å². The number of nitrogens with zero attached hydrogens (tertiary/aromatic N) is 2. The molecule has 0 bridgehead atoms. The first-order valence-corrected chi connectivity index (χ1v) is 8.54. The number of nitrogen functional groups attached to an aromatic ring is 1. The van der Waals surface area contributed by atoms with E-state index in [1.54, 1.807) is 0 Å². The number of aliphatic hydroxyl groups is 1. The second kappa shape index (κ2) is 7.64. The van der Waals surface area contributed by atoms with Gasteiger partial charge in [0.15, 0.2) is 0 Å². The number of rotatable bonds is 1. The Bertz CT molecular complexity index is 789. The van der Waals surface area contributed by atoms with Gasteiger partial charge in [0, 0.05) is 22.0 Å². The van der Waals surface area contributed by atoms with Crippen LogP contribution >= 0.6 is 42.9 Å². The van der Waals surface area contributed by atoms with E-state index in [4.69, 9.17) is 10.7 Å². The van der Waals surface area contributed by atoms with Gasteiger partial charge >= 0.3 is 0 Å². The molecule has 0 spiro atoms. The number of halogens is 1. The third-order valence-corrected chi connectivity index (χ3v) is 5.33. The predicted molar refractivity (Wildman–Crippen MR) is 113 cm³/mol. The fourth-order valence-electron chi connectivity index (χ4n) is 3.63. The monoisotopic (exact) mass is 427 g/mol. The molecule has 4 rings (SSSR count). The van der Waals surface area contributed by atoms with Crippen LogP contribution in [0.1, 0.15) is 31.2 Å². The average molecular weight is 428 g/mol. The van der Waals surface area contributed by atoms with E-state index in [9.17, 15) is 5.11 Å². The quantitative estimate of drug-likeness (QED) is 0.722. The molecule has 1 aliphatic carbocycles. The predicted octanol–water partition coefficient (Wildman–Crippen LogP) is 3.98. The third-order valence-electron chi connectivity index (χ3n) is 4.84. The van der Waals surface area contributed by atoms with Crippen LogP contribution in [0.4, 0.5) is 11.5 Å². The summed E-state index contributed by atoms with van der Waals surface area (Å²) in [4.78, 5) is 9.31. The van der Waals surface area contributed by atoms with Crippen molar-refractivity contribution in [2.24, 2.45) is 10.9 Å². The number of aliphatic hydroxyl groups excluding tert-OH is 1. The molecule has 2 aliphatic rings. The molecule has 2 heterocycles. The van der Waals surface area contributed by atoms with Gasteiger partial charge in [-0.2, -0.15) is 27.0 Å². The highest BCUT2D eigenvalue weighted by Gasteiger charge is 2.29. The van der Waals surface area contributed by atoms with Crippen molar-refractivity contribution in [3.63, 3.8) is 0 Å². The third kappa shape index (κ3) is 3.45. The van der Waals surface area contributed by atoms with Gasteiger partial charge in [0.25, 0.3) is 0 Å². The lowest BCUT2D eigenvalue weighted by Gasteiger charge is -2.25. The number of pyridine rings is 1. The molecule has 0 atom stereocenters. The maximum absolute atomic E-state index is 9.68. The van der Waals surface area contributed by atoms with Crippen molar-refractivity contribution >= 4 is 71.0 Å². The Hall–Kier alpha value is -0.760.